The number of aromatic amines is 1. The third-order valence-corrected chi connectivity index (χ3v) is 6.62. The molecule has 6 heteroatoms. The van der Waals surface area contributed by atoms with E-state index in [0.29, 0.717) is 24.6 Å². The van der Waals surface area contributed by atoms with Crippen LogP contribution in [0.1, 0.15) is 52.7 Å². The van der Waals surface area contributed by atoms with Gasteiger partial charge in [0.1, 0.15) is 0 Å². The van der Waals surface area contributed by atoms with E-state index in [2.05, 4.69) is 28.5 Å². The number of H-pyrrole nitrogens is 1. The lowest BCUT2D eigenvalue weighted by Crippen LogP contribution is -2.25. The van der Waals surface area contributed by atoms with Gasteiger partial charge in [-0.15, -0.1) is 0 Å². The number of rotatable bonds is 4. The van der Waals surface area contributed by atoms with Crippen molar-refractivity contribution in [1.82, 2.24) is 9.97 Å². The van der Waals surface area contributed by atoms with Crippen LogP contribution in [0.5, 0.6) is 0 Å². The van der Waals surface area contributed by atoms with E-state index in [1.54, 1.807) is 0 Å². The van der Waals surface area contributed by atoms with Crippen molar-refractivity contribution in [3.8, 4) is 0 Å². The molecule has 6 nitrogen and oxygen atoms in total. The average Bonchev–Trinajstić information content (AvgIpc) is 3.34. The second-order valence-corrected chi connectivity index (χ2v) is 8.58. The molecule has 0 spiro atoms. The van der Waals surface area contributed by atoms with Gasteiger partial charge in [-0.1, -0.05) is 36.4 Å². The summed E-state index contributed by atoms with van der Waals surface area (Å²) >= 11 is 0. The molecule has 0 bridgehead atoms. The number of fused-ring (bicyclic) bond motifs is 1. The summed E-state index contributed by atoms with van der Waals surface area (Å²) in [6, 6.07) is 16.0. The van der Waals surface area contributed by atoms with Crippen LogP contribution in [-0.2, 0) is 11.2 Å². The van der Waals surface area contributed by atoms with Gasteiger partial charge in [0.25, 0.3) is 5.56 Å². The van der Waals surface area contributed by atoms with Crippen LogP contribution < -0.4 is 15.8 Å². The zero-order chi connectivity index (χ0) is 21.5. The largest absolute Gasteiger partial charge is 0.349 e. The second-order valence-electron chi connectivity index (χ2n) is 8.58. The number of nitrogens with one attached hydrogen (secondary N) is 2. The Bertz CT molecular complexity index is 1220. The molecule has 1 fully saturated rings. The Morgan fingerprint density at radius 2 is 1.94 bits per heavy atom. The van der Waals surface area contributed by atoms with E-state index < -0.39 is 0 Å². The first kappa shape index (κ1) is 19.5. The third-order valence-electron chi connectivity index (χ3n) is 6.62. The van der Waals surface area contributed by atoms with Crippen molar-refractivity contribution in [3.63, 3.8) is 0 Å². The number of aromatic nitrogens is 2. The Balaban J connectivity index is 1.39. The first-order valence-electron chi connectivity index (χ1n) is 10.8. The predicted octanol–water partition coefficient (Wildman–Crippen LogP) is 4.01. The minimum absolute atomic E-state index is 0.0695. The van der Waals surface area contributed by atoms with E-state index in [-0.39, 0.29) is 23.4 Å². The number of anilines is 2. The van der Waals surface area contributed by atoms with Crippen LogP contribution in [0.2, 0.25) is 0 Å². The summed E-state index contributed by atoms with van der Waals surface area (Å²) in [5.41, 5.74) is 6.27. The number of carbonyl (C=O) groups is 1. The lowest BCUT2D eigenvalue weighted by Gasteiger charge is -2.20. The molecule has 2 atom stereocenters. The summed E-state index contributed by atoms with van der Waals surface area (Å²) in [6.07, 6.45) is 2.34. The number of nitrogens with zero attached hydrogens (tertiary/aromatic N) is 2. The number of amides is 1. The Kier molecular flexibility index (Phi) is 4.85. The number of benzene rings is 2. The molecule has 1 aliphatic carbocycles. The molecule has 2 N–H and O–H groups in total. The lowest BCUT2D eigenvalue weighted by molar-refractivity contribution is -0.117. The fraction of sp³-hybridized carbons (Fsp3) is 0.320. The molecule has 2 heterocycles. The number of hydrogen-bond donors (Lipinski definition) is 2. The van der Waals surface area contributed by atoms with Crippen molar-refractivity contribution in [2.45, 2.75) is 45.1 Å². The number of aryl methyl sites for hydroxylation is 2. The zero-order valence-electron chi connectivity index (χ0n) is 17.8. The van der Waals surface area contributed by atoms with E-state index in [1.807, 2.05) is 43.0 Å². The van der Waals surface area contributed by atoms with Crippen LogP contribution in [0.4, 0.5) is 11.6 Å². The fourth-order valence-electron chi connectivity index (χ4n) is 4.79. The van der Waals surface area contributed by atoms with Crippen molar-refractivity contribution >= 4 is 17.5 Å². The first-order chi connectivity index (χ1) is 15.0. The van der Waals surface area contributed by atoms with E-state index in [0.717, 1.165) is 29.7 Å². The van der Waals surface area contributed by atoms with Crippen LogP contribution >= 0.6 is 0 Å². The van der Waals surface area contributed by atoms with Crippen LogP contribution in [0.15, 0.2) is 53.3 Å². The van der Waals surface area contributed by atoms with Crippen LogP contribution in [0.3, 0.4) is 0 Å². The molecule has 0 radical (unpaired) electrons. The Labute approximate surface area is 181 Å². The van der Waals surface area contributed by atoms with Gasteiger partial charge < -0.3 is 10.2 Å². The van der Waals surface area contributed by atoms with Crippen LogP contribution in [-0.4, -0.2) is 22.4 Å². The van der Waals surface area contributed by atoms with Crippen molar-refractivity contribution < 1.29 is 4.79 Å². The van der Waals surface area contributed by atoms with Gasteiger partial charge in [-0.2, -0.15) is 0 Å². The standard InChI is InChI=1S/C25H26N4O2/c1-15-6-5-9-22(16(15)2)29-14-18(12-24(29)31)21-13-23(30)28-25(27-21)26-20-11-10-17-7-3-4-8-19(17)20/h3-9,13,18,20H,10-12,14H2,1-2H3,(H2,26,27,28,30)/t18-,20+/m1/s1. The van der Waals surface area contributed by atoms with Gasteiger partial charge >= 0.3 is 0 Å². The second kappa shape index (κ2) is 7.69. The van der Waals surface area contributed by atoms with E-state index >= 15 is 0 Å². The van der Waals surface area contributed by atoms with Gasteiger partial charge in [-0.3, -0.25) is 14.6 Å². The lowest BCUT2D eigenvalue weighted by atomic mass is 10.0. The van der Waals surface area contributed by atoms with Crippen molar-refractivity contribution in [3.05, 3.63) is 86.8 Å². The van der Waals surface area contributed by atoms with Crippen molar-refractivity contribution in [2.24, 2.45) is 0 Å². The molecule has 5 rings (SSSR count). The molecule has 1 saturated heterocycles. The molecule has 1 amide bonds. The summed E-state index contributed by atoms with van der Waals surface area (Å²) in [6.45, 7) is 4.62. The van der Waals surface area contributed by atoms with Gasteiger partial charge in [0, 0.05) is 30.6 Å². The maximum absolute atomic E-state index is 12.8. The fourth-order valence-corrected chi connectivity index (χ4v) is 4.79. The molecule has 158 valence electrons. The van der Waals surface area contributed by atoms with E-state index in [9.17, 15) is 9.59 Å². The third kappa shape index (κ3) is 3.63. The summed E-state index contributed by atoms with van der Waals surface area (Å²) in [5, 5.41) is 3.41. The highest BCUT2D eigenvalue weighted by molar-refractivity contribution is 5.97. The van der Waals surface area contributed by atoms with Crippen LogP contribution in [0.25, 0.3) is 0 Å². The molecule has 1 aliphatic heterocycles. The van der Waals surface area contributed by atoms with Gasteiger partial charge in [0.15, 0.2) is 0 Å². The van der Waals surface area contributed by atoms with E-state index in [1.165, 1.54) is 17.2 Å². The molecule has 0 unspecified atom stereocenters. The van der Waals surface area contributed by atoms with Gasteiger partial charge in [-0.05, 0) is 55.0 Å². The first-order valence-corrected chi connectivity index (χ1v) is 10.8. The van der Waals surface area contributed by atoms with Crippen molar-refractivity contribution in [2.75, 3.05) is 16.8 Å². The average molecular weight is 415 g/mol. The topological polar surface area (TPSA) is 78.1 Å². The smallest absolute Gasteiger partial charge is 0.252 e. The highest BCUT2D eigenvalue weighted by atomic mass is 16.2. The van der Waals surface area contributed by atoms with Crippen LogP contribution in [0, 0.1) is 13.8 Å². The minimum Gasteiger partial charge on any atom is -0.349 e. The minimum atomic E-state index is -0.198. The molecule has 1 aromatic heterocycles. The SMILES string of the molecule is Cc1cccc(N2C[C@H](c3cc(=O)[nH]c(N[C@H]4CCc5ccccc54)n3)CC2=O)c1C. The summed E-state index contributed by atoms with van der Waals surface area (Å²) in [7, 11) is 0. The molecule has 0 saturated carbocycles. The number of hydrogen-bond acceptors (Lipinski definition) is 4. The Morgan fingerprint density at radius 3 is 2.81 bits per heavy atom. The van der Waals surface area contributed by atoms with E-state index in [4.69, 9.17) is 4.98 Å². The highest BCUT2D eigenvalue weighted by Crippen LogP contribution is 2.35. The molecular formula is C25H26N4O2. The summed E-state index contributed by atoms with van der Waals surface area (Å²) < 4.78 is 0. The monoisotopic (exact) mass is 414 g/mol. The number of carbonyl (C=O) groups excluding carboxylic acids is 1. The van der Waals surface area contributed by atoms with Gasteiger partial charge in [0.05, 0.1) is 11.7 Å². The maximum atomic E-state index is 12.8. The Morgan fingerprint density at radius 1 is 1.10 bits per heavy atom. The van der Waals surface area contributed by atoms with Gasteiger partial charge in [-0.25, -0.2) is 4.98 Å². The quantitative estimate of drug-likeness (QED) is 0.676. The highest BCUT2D eigenvalue weighted by Gasteiger charge is 2.34. The van der Waals surface area contributed by atoms with Crippen molar-refractivity contribution in [1.29, 1.82) is 0 Å². The summed E-state index contributed by atoms with van der Waals surface area (Å²) in [5.74, 6) is 0.438. The normalized spacial score (nSPS) is 20.2. The Hall–Kier alpha value is -3.41. The molecular weight excluding hydrogens is 388 g/mol. The van der Waals surface area contributed by atoms with Gasteiger partial charge in [0.2, 0.25) is 11.9 Å². The summed E-state index contributed by atoms with van der Waals surface area (Å²) in [4.78, 5) is 34.6. The molecule has 2 aromatic carbocycles. The molecule has 3 aromatic rings. The zero-order valence-corrected chi connectivity index (χ0v) is 17.8. The molecule has 31 heavy (non-hydrogen) atoms. The predicted molar refractivity (Wildman–Crippen MR) is 122 cm³/mol. The molecule has 2 aliphatic rings. The maximum Gasteiger partial charge on any atom is 0.252 e.